The quantitative estimate of drug-likeness (QED) is 0.214. The first kappa shape index (κ1) is 25.2. The highest BCUT2D eigenvalue weighted by atomic mass is 127. The average molecular weight is 501 g/mol. The zero-order chi connectivity index (χ0) is 21.3. The first-order chi connectivity index (χ1) is 12.2. The molecule has 0 rings (SSSR count). The number of aliphatic carboxylic acids is 1. The largest absolute Gasteiger partial charge is 0.481 e. The average Bonchev–Trinajstić information content (AvgIpc) is 2.43. The summed E-state index contributed by atoms with van der Waals surface area (Å²) in [6.07, 6.45) is -1.85. The van der Waals surface area contributed by atoms with Crippen LogP contribution in [0.4, 0.5) is 9.59 Å². The topological polar surface area (TPSA) is 143 Å². The van der Waals surface area contributed by atoms with Gasteiger partial charge in [0, 0.05) is 19.5 Å². The molecule has 0 spiro atoms. The van der Waals surface area contributed by atoms with Crippen molar-refractivity contribution in [1.29, 1.82) is 0 Å². The van der Waals surface area contributed by atoms with Gasteiger partial charge in [0.05, 0.1) is 0 Å². The van der Waals surface area contributed by atoms with Crippen molar-refractivity contribution in [2.75, 3.05) is 13.1 Å². The van der Waals surface area contributed by atoms with Gasteiger partial charge in [-0.25, -0.2) is 9.59 Å². The van der Waals surface area contributed by atoms with Crippen molar-refractivity contribution in [2.45, 2.75) is 62.7 Å². The minimum absolute atomic E-state index is 0.0795. The molecule has 3 amide bonds. The van der Waals surface area contributed by atoms with Crippen molar-refractivity contribution in [2.24, 2.45) is 0 Å². The molecule has 10 nitrogen and oxygen atoms in total. The van der Waals surface area contributed by atoms with Crippen LogP contribution in [0.15, 0.2) is 0 Å². The van der Waals surface area contributed by atoms with E-state index in [4.69, 9.17) is 14.6 Å². The summed E-state index contributed by atoms with van der Waals surface area (Å²) in [6.45, 7) is 8.67. The summed E-state index contributed by atoms with van der Waals surface area (Å²) in [5.41, 5.74) is -0.633. The van der Waals surface area contributed by atoms with Crippen LogP contribution in [0.2, 0.25) is 0 Å². The number of carboxylic acids is 1. The lowest BCUT2D eigenvalue weighted by atomic mass is 10.1. The summed E-state index contributed by atoms with van der Waals surface area (Å²) in [4.78, 5) is 46.3. The summed E-state index contributed by atoms with van der Waals surface area (Å²) in [7, 11) is 0. The Hall–Kier alpha value is -1.79. The van der Waals surface area contributed by atoms with Crippen molar-refractivity contribution in [3.8, 4) is 0 Å². The number of alkyl halides is 1. The molecule has 0 aliphatic heterocycles. The molecule has 0 saturated carbocycles. The molecular weight excluding hydrogens is 473 g/mol. The van der Waals surface area contributed by atoms with Crippen molar-refractivity contribution < 1.29 is 33.8 Å². The normalized spacial score (nSPS) is 12.5. The lowest BCUT2D eigenvalue weighted by Gasteiger charge is -2.22. The van der Waals surface area contributed by atoms with Gasteiger partial charge in [-0.15, -0.1) is 0 Å². The van der Waals surface area contributed by atoms with Gasteiger partial charge in [0.25, 0.3) is 0 Å². The molecule has 27 heavy (non-hydrogen) atoms. The monoisotopic (exact) mass is 501 g/mol. The maximum absolute atomic E-state index is 12.2. The van der Waals surface area contributed by atoms with Crippen LogP contribution in [0.1, 0.15) is 47.5 Å². The second-order valence-corrected chi connectivity index (χ2v) is 9.70. The van der Waals surface area contributed by atoms with Crippen LogP contribution in [0.5, 0.6) is 0 Å². The SMILES string of the molecule is CC(C)(C)OC(=O)NCCNC(=O)[C@@H](CCC(=O)O)NC(=O)OC(C)(C)I. The third-order valence-corrected chi connectivity index (χ3v) is 2.90. The fraction of sp³-hybridized carbons (Fsp3) is 0.750. The van der Waals surface area contributed by atoms with Crippen molar-refractivity contribution in [1.82, 2.24) is 16.0 Å². The van der Waals surface area contributed by atoms with E-state index in [-0.39, 0.29) is 25.9 Å². The highest BCUT2D eigenvalue weighted by Gasteiger charge is 2.25. The van der Waals surface area contributed by atoms with E-state index < -0.39 is 39.3 Å². The van der Waals surface area contributed by atoms with E-state index in [1.165, 1.54) is 0 Å². The Morgan fingerprint density at radius 3 is 2.00 bits per heavy atom. The van der Waals surface area contributed by atoms with Gasteiger partial charge in [0.15, 0.2) is 3.61 Å². The van der Waals surface area contributed by atoms with Gasteiger partial charge in [0.2, 0.25) is 5.91 Å². The van der Waals surface area contributed by atoms with Gasteiger partial charge in [-0.3, -0.25) is 9.59 Å². The lowest BCUT2D eigenvalue weighted by Crippen LogP contribution is -2.49. The summed E-state index contributed by atoms with van der Waals surface area (Å²) in [5, 5.41) is 16.1. The summed E-state index contributed by atoms with van der Waals surface area (Å²) in [6, 6.07) is -1.08. The van der Waals surface area contributed by atoms with Crippen LogP contribution < -0.4 is 16.0 Å². The molecule has 0 aromatic carbocycles. The van der Waals surface area contributed by atoms with Crippen LogP contribution in [0.25, 0.3) is 0 Å². The van der Waals surface area contributed by atoms with Gasteiger partial charge < -0.3 is 30.5 Å². The molecule has 1 atom stereocenters. The molecule has 0 saturated heterocycles. The van der Waals surface area contributed by atoms with Crippen molar-refractivity contribution in [3.05, 3.63) is 0 Å². The van der Waals surface area contributed by atoms with E-state index in [1.54, 1.807) is 34.6 Å². The predicted molar refractivity (Wildman–Crippen MR) is 106 cm³/mol. The number of ether oxygens (including phenoxy) is 2. The zero-order valence-electron chi connectivity index (χ0n) is 16.2. The van der Waals surface area contributed by atoms with Crippen LogP contribution in [-0.2, 0) is 19.1 Å². The fourth-order valence-corrected chi connectivity index (χ4v) is 1.92. The summed E-state index contributed by atoms with van der Waals surface area (Å²) in [5.74, 6) is -1.67. The standard InChI is InChI=1S/C16H28IN3O7/c1-15(2,3)26-13(24)19-9-8-18-12(23)10(6-7-11(21)22)20-14(25)27-16(4,5)17/h10H,6-9H2,1-5H3,(H,18,23)(H,19,24)(H,20,25)(H,21,22)/t10-/m1/s1. The third kappa shape index (κ3) is 15.0. The third-order valence-electron chi connectivity index (χ3n) is 2.68. The van der Waals surface area contributed by atoms with Gasteiger partial charge >= 0.3 is 18.2 Å². The molecule has 4 N–H and O–H groups in total. The van der Waals surface area contributed by atoms with E-state index in [0.29, 0.717) is 0 Å². The molecule has 0 heterocycles. The minimum Gasteiger partial charge on any atom is -0.481 e. The summed E-state index contributed by atoms with van der Waals surface area (Å²) >= 11 is 1.90. The van der Waals surface area contributed by atoms with Crippen LogP contribution in [-0.4, -0.2) is 57.5 Å². The smallest absolute Gasteiger partial charge is 0.409 e. The van der Waals surface area contributed by atoms with Crippen LogP contribution in [0, 0.1) is 0 Å². The number of rotatable bonds is 9. The zero-order valence-corrected chi connectivity index (χ0v) is 18.3. The van der Waals surface area contributed by atoms with Gasteiger partial charge in [-0.1, -0.05) is 0 Å². The van der Waals surface area contributed by atoms with E-state index in [9.17, 15) is 19.2 Å². The fourth-order valence-electron chi connectivity index (χ4n) is 1.72. The first-order valence-electron chi connectivity index (χ1n) is 8.34. The number of carboxylic acid groups (broad SMARTS) is 1. The van der Waals surface area contributed by atoms with Crippen LogP contribution >= 0.6 is 22.6 Å². The number of alkyl carbamates (subject to hydrolysis) is 2. The number of hydrogen-bond acceptors (Lipinski definition) is 6. The Bertz CT molecular complexity index is 541. The van der Waals surface area contributed by atoms with E-state index in [0.717, 1.165) is 0 Å². The lowest BCUT2D eigenvalue weighted by molar-refractivity contribution is -0.137. The number of amides is 3. The maximum Gasteiger partial charge on any atom is 0.409 e. The van der Waals surface area contributed by atoms with Gasteiger partial charge in [-0.2, -0.15) is 0 Å². The van der Waals surface area contributed by atoms with Gasteiger partial charge in [-0.05, 0) is 63.6 Å². The Balaban J connectivity index is 4.51. The highest BCUT2D eigenvalue weighted by molar-refractivity contribution is 14.1. The van der Waals surface area contributed by atoms with Gasteiger partial charge in [0.1, 0.15) is 11.6 Å². The number of nitrogens with one attached hydrogen (secondary N) is 3. The Labute approximate surface area is 172 Å². The molecular formula is C16H28IN3O7. The molecule has 0 aromatic rings. The Morgan fingerprint density at radius 1 is 0.963 bits per heavy atom. The van der Waals surface area contributed by atoms with Crippen molar-refractivity contribution in [3.63, 3.8) is 0 Å². The predicted octanol–water partition coefficient (Wildman–Crippen LogP) is 1.76. The molecule has 156 valence electrons. The molecule has 0 bridgehead atoms. The second kappa shape index (κ2) is 11.1. The second-order valence-electron chi connectivity index (χ2n) is 7.10. The number of halogens is 1. The maximum atomic E-state index is 12.2. The van der Waals surface area contributed by atoms with Crippen LogP contribution in [0.3, 0.4) is 0 Å². The van der Waals surface area contributed by atoms with E-state index in [2.05, 4.69) is 16.0 Å². The molecule has 0 aliphatic carbocycles. The Morgan fingerprint density at radius 2 is 1.52 bits per heavy atom. The van der Waals surface area contributed by atoms with Crippen molar-refractivity contribution >= 4 is 46.7 Å². The minimum atomic E-state index is -1.09. The number of carbonyl (C=O) groups is 4. The summed E-state index contributed by atoms with van der Waals surface area (Å²) < 4.78 is 9.33. The molecule has 11 heteroatoms. The molecule has 0 aliphatic rings. The molecule has 0 fully saturated rings. The first-order valence-corrected chi connectivity index (χ1v) is 9.42. The number of carbonyl (C=O) groups excluding carboxylic acids is 3. The molecule has 0 unspecified atom stereocenters. The number of hydrogen-bond donors (Lipinski definition) is 4. The highest BCUT2D eigenvalue weighted by Crippen LogP contribution is 2.18. The van der Waals surface area contributed by atoms with E-state index >= 15 is 0 Å². The molecule has 0 aromatic heterocycles. The van der Waals surface area contributed by atoms with E-state index in [1.807, 2.05) is 22.6 Å². The Kier molecular flexibility index (Phi) is 10.4. The molecule has 0 radical (unpaired) electrons.